The molecule has 0 aliphatic carbocycles. The molecule has 92 valence electrons. The normalized spacial score (nSPS) is 10.3. The number of halogens is 1. The van der Waals surface area contributed by atoms with Gasteiger partial charge in [-0.3, -0.25) is 4.98 Å². The number of thioether (sulfide) groups is 1. The van der Waals surface area contributed by atoms with Crippen LogP contribution in [-0.4, -0.2) is 16.1 Å². The van der Waals surface area contributed by atoms with Gasteiger partial charge in [0, 0.05) is 23.0 Å². The highest BCUT2D eigenvalue weighted by atomic mass is 35.5. The van der Waals surface area contributed by atoms with Crippen LogP contribution in [0.2, 0.25) is 5.02 Å². The van der Waals surface area contributed by atoms with Crippen molar-refractivity contribution in [1.29, 1.82) is 0 Å². The van der Waals surface area contributed by atoms with Crippen LogP contribution in [-0.2, 0) is 5.75 Å². The lowest BCUT2D eigenvalue weighted by atomic mass is 10.2. The third-order valence-corrected chi connectivity index (χ3v) is 3.71. The number of pyridine rings is 1. The second kappa shape index (κ2) is 5.89. The number of nitrogens with zero attached hydrogens (tertiary/aromatic N) is 1. The summed E-state index contributed by atoms with van der Waals surface area (Å²) in [6.07, 6.45) is 3.29. The van der Waals surface area contributed by atoms with E-state index in [1.807, 2.05) is 12.1 Å². The van der Waals surface area contributed by atoms with E-state index in [1.165, 1.54) is 0 Å². The van der Waals surface area contributed by atoms with E-state index in [0.29, 0.717) is 16.3 Å². The summed E-state index contributed by atoms with van der Waals surface area (Å²) in [7, 11) is 0. The Hall–Kier alpha value is -1.52. The smallest absolute Gasteiger partial charge is 0.335 e. The van der Waals surface area contributed by atoms with E-state index in [0.717, 1.165) is 10.5 Å². The number of hydrogen-bond donors (Lipinski definition) is 1. The number of carbonyl (C=O) groups is 1. The van der Waals surface area contributed by atoms with Crippen molar-refractivity contribution >= 4 is 29.3 Å². The van der Waals surface area contributed by atoms with Crippen LogP contribution in [0.25, 0.3) is 0 Å². The highest BCUT2D eigenvalue weighted by Gasteiger charge is 2.05. The lowest BCUT2D eigenvalue weighted by Gasteiger charge is -2.04. The fourth-order valence-corrected chi connectivity index (χ4v) is 2.63. The molecule has 0 unspecified atom stereocenters. The van der Waals surface area contributed by atoms with Crippen LogP contribution in [0.5, 0.6) is 0 Å². The van der Waals surface area contributed by atoms with Crippen LogP contribution in [0.1, 0.15) is 15.9 Å². The SMILES string of the molecule is O=C(O)c1cccc(SCc2ccncc2Cl)c1. The summed E-state index contributed by atoms with van der Waals surface area (Å²) < 4.78 is 0. The molecule has 0 radical (unpaired) electrons. The minimum absolute atomic E-state index is 0.292. The topological polar surface area (TPSA) is 50.2 Å². The van der Waals surface area contributed by atoms with E-state index in [1.54, 1.807) is 42.4 Å². The minimum Gasteiger partial charge on any atom is -0.478 e. The van der Waals surface area contributed by atoms with E-state index >= 15 is 0 Å². The molecule has 1 N–H and O–H groups in total. The Labute approximate surface area is 114 Å². The molecule has 0 fully saturated rings. The first kappa shape index (κ1) is 12.9. The molecule has 2 aromatic rings. The van der Waals surface area contributed by atoms with Gasteiger partial charge in [0.25, 0.3) is 0 Å². The Balaban J connectivity index is 2.09. The highest BCUT2D eigenvalue weighted by Crippen LogP contribution is 2.26. The Morgan fingerprint density at radius 2 is 2.22 bits per heavy atom. The Morgan fingerprint density at radius 3 is 2.94 bits per heavy atom. The summed E-state index contributed by atoms with van der Waals surface area (Å²) >= 11 is 7.55. The fraction of sp³-hybridized carbons (Fsp3) is 0.0769. The predicted molar refractivity (Wildman–Crippen MR) is 72.2 cm³/mol. The Kier molecular flexibility index (Phi) is 4.23. The summed E-state index contributed by atoms with van der Waals surface area (Å²) in [6.45, 7) is 0. The molecule has 0 aliphatic heterocycles. The molecule has 0 spiro atoms. The lowest BCUT2D eigenvalue weighted by molar-refractivity contribution is 0.0696. The highest BCUT2D eigenvalue weighted by molar-refractivity contribution is 7.98. The van der Waals surface area contributed by atoms with Crippen molar-refractivity contribution in [3.63, 3.8) is 0 Å². The van der Waals surface area contributed by atoms with Gasteiger partial charge in [0.15, 0.2) is 0 Å². The number of rotatable bonds is 4. The van der Waals surface area contributed by atoms with E-state index in [-0.39, 0.29) is 0 Å². The first-order valence-electron chi connectivity index (χ1n) is 5.21. The van der Waals surface area contributed by atoms with Crippen molar-refractivity contribution in [3.05, 3.63) is 58.9 Å². The predicted octanol–water partition coefficient (Wildman–Crippen LogP) is 3.73. The molecule has 3 nitrogen and oxygen atoms in total. The van der Waals surface area contributed by atoms with Crippen LogP contribution in [0, 0.1) is 0 Å². The van der Waals surface area contributed by atoms with Gasteiger partial charge in [-0.2, -0.15) is 0 Å². The fourth-order valence-electron chi connectivity index (χ4n) is 1.40. The maximum atomic E-state index is 10.8. The number of carboxylic acid groups (broad SMARTS) is 1. The summed E-state index contributed by atoms with van der Waals surface area (Å²) in [5, 5.41) is 9.52. The van der Waals surface area contributed by atoms with Gasteiger partial charge in [-0.1, -0.05) is 17.7 Å². The van der Waals surface area contributed by atoms with E-state index in [2.05, 4.69) is 4.98 Å². The summed E-state index contributed by atoms with van der Waals surface area (Å²) in [4.78, 5) is 15.7. The van der Waals surface area contributed by atoms with Crippen molar-refractivity contribution in [2.75, 3.05) is 0 Å². The number of aromatic carboxylic acids is 1. The first-order valence-corrected chi connectivity index (χ1v) is 6.58. The maximum absolute atomic E-state index is 10.8. The van der Waals surface area contributed by atoms with Crippen molar-refractivity contribution in [2.45, 2.75) is 10.6 Å². The zero-order chi connectivity index (χ0) is 13.0. The molecule has 0 aliphatic rings. The largest absolute Gasteiger partial charge is 0.478 e. The van der Waals surface area contributed by atoms with Crippen LogP contribution in [0.4, 0.5) is 0 Å². The van der Waals surface area contributed by atoms with Crippen LogP contribution in [0.3, 0.4) is 0 Å². The standard InChI is InChI=1S/C13H10ClNO2S/c14-12-7-15-5-4-10(12)8-18-11-3-1-2-9(6-11)13(16)17/h1-7H,8H2,(H,16,17). The zero-order valence-corrected chi connectivity index (χ0v) is 10.9. The molecule has 5 heteroatoms. The molecule has 2 rings (SSSR count). The summed E-state index contributed by atoms with van der Waals surface area (Å²) in [5.41, 5.74) is 1.28. The van der Waals surface area contributed by atoms with Gasteiger partial charge in [0.2, 0.25) is 0 Å². The lowest BCUT2D eigenvalue weighted by Crippen LogP contribution is -1.95. The van der Waals surface area contributed by atoms with Crippen LogP contribution >= 0.6 is 23.4 Å². The number of benzene rings is 1. The van der Waals surface area contributed by atoms with Gasteiger partial charge < -0.3 is 5.11 Å². The van der Waals surface area contributed by atoms with Gasteiger partial charge in [-0.05, 0) is 29.8 Å². The minimum atomic E-state index is -0.917. The average Bonchev–Trinajstić information content (AvgIpc) is 2.38. The number of carboxylic acids is 1. The van der Waals surface area contributed by atoms with Crippen molar-refractivity contribution in [3.8, 4) is 0 Å². The monoisotopic (exact) mass is 279 g/mol. The third-order valence-electron chi connectivity index (χ3n) is 2.33. The van der Waals surface area contributed by atoms with Crippen molar-refractivity contribution < 1.29 is 9.90 Å². The molecule has 18 heavy (non-hydrogen) atoms. The zero-order valence-electron chi connectivity index (χ0n) is 9.34. The van der Waals surface area contributed by atoms with Gasteiger partial charge in [0.05, 0.1) is 10.6 Å². The second-order valence-electron chi connectivity index (χ2n) is 3.59. The maximum Gasteiger partial charge on any atom is 0.335 e. The summed E-state index contributed by atoms with van der Waals surface area (Å²) in [6, 6.07) is 8.70. The molecule has 1 aromatic carbocycles. The quantitative estimate of drug-likeness (QED) is 0.867. The van der Waals surface area contributed by atoms with Gasteiger partial charge in [-0.15, -0.1) is 11.8 Å². The Morgan fingerprint density at radius 1 is 1.39 bits per heavy atom. The molecule has 0 saturated carbocycles. The number of hydrogen-bond acceptors (Lipinski definition) is 3. The molecular weight excluding hydrogens is 270 g/mol. The van der Waals surface area contributed by atoms with Crippen LogP contribution in [0.15, 0.2) is 47.6 Å². The molecule has 0 amide bonds. The van der Waals surface area contributed by atoms with E-state index < -0.39 is 5.97 Å². The average molecular weight is 280 g/mol. The summed E-state index contributed by atoms with van der Waals surface area (Å²) in [5.74, 6) is -0.232. The van der Waals surface area contributed by atoms with Crippen LogP contribution < -0.4 is 0 Å². The molecule has 1 aromatic heterocycles. The van der Waals surface area contributed by atoms with E-state index in [4.69, 9.17) is 16.7 Å². The molecule has 0 saturated heterocycles. The van der Waals surface area contributed by atoms with E-state index in [9.17, 15) is 4.79 Å². The molecule has 1 heterocycles. The molecular formula is C13H10ClNO2S. The second-order valence-corrected chi connectivity index (χ2v) is 5.04. The molecule has 0 bridgehead atoms. The van der Waals surface area contributed by atoms with Crippen molar-refractivity contribution in [2.24, 2.45) is 0 Å². The van der Waals surface area contributed by atoms with Crippen molar-refractivity contribution in [1.82, 2.24) is 4.98 Å². The third kappa shape index (κ3) is 3.24. The van der Waals surface area contributed by atoms with Gasteiger partial charge >= 0.3 is 5.97 Å². The number of aromatic nitrogens is 1. The van der Waals surface area contributed by atoms with Gasteiger partial charge in [0.1, 0.15) is 0 Å². The van der Waals surface area contributed by atoms with Gasteiger partial charge in [-0.25, -0.2) is 4.79 Å². The first-order chi connectivity index (χ1) is 8.66. The molecule has 0 atom stereocenters. The Bertz CT molecular complexity index is 574.